The third kappa shape index (κ3) is 1.38. The van der Waals surface area contributed by atoms with E-state index in [4.69, 9.17) is 0 Å². The highest BCUT2D eigenvalue weighted by molar-refractivity contribution is 5.27. The van der Waals surface area contributed by atoms with E-state index in [0.717, 1.165) is 0 Å². The van der Waals surface area contributed by atoms with E-state index in [9.17, 15) is 0 Å². The molecule has 0 nitrogen and oxygen atoms in total. The molecule has 0 saturated carbocycles. The predicted molar refractivity (Wildman–Crippen MR) is 45.7 cm³/mol. The van der Waals surface area contributed by atoms with Gasteiger partial charge in [0, 0.05) is 5.92 Å². The predicted octanol–water partition coefficient (Wildman–Crippen LogP) is 2.94. The third-order valence-electron chi connectivity index (χ3n) is 1.92. The molecular weight excluding hydrogens is 120 g/mol. The summed E-state index contributed by atoms with van der Waals surface area (Å²) in [6.45, 7) is 8.40. The second-order valence-corrected chi connectivity index (χ2v) is 3.03. The zero-order chi connectivity index (χ0) is 7.56. The highest BCUT2D eigenvalue weighted by Gasteiger charge is 2.10. The summed E-state index contributed by atoms with van der Waals surface area (Å²) in [7, 11) is 0. The molecule has 0 aromatic rings. The molecule has 0 atom stereocenters. The van der Waals surface area contributed by atoms with Crippen molar-refractivity contribution < 1.29 is 0 Å². The lowest BCUT2D eigenvalue weighted by molar-refractivity contribution is 0.704. The van der Waals surface area contributed by atoms with Crippen molar-refractivity contribution in [2.24, 2.45) is 11.8 Å². The lowest BCUT2D eigenvalue weighted by Gasteiger charge is -2.12. The summed E-state index contributed by atoms with van der Waals surface area (Å²) in [5, 5.41) is 0. The van der Waals surface area contributed by atoms with Gasteiger partial charge in [-0.05, 0) is 5.92 Å². The summed E-state index contributed by atoms with van der Waals surface area (Å²) in [5.41, 5.74) is 1.31. The maximum Gasteiger partial charge on any atom is 0.0163 e. The zero-order valence-electron chi connectivity index (χ0n) is 6.67. The van der Waals surface area contributed by atoms with Gasteiger partial charge in [-0.2, -0.15) is 0 Å². The first-order chi connectivity index (χ1) is 4.72. The van der Waals surface area contributed by atoms with E-state index in [1.54, 1.807) is 0 Å². The molecule has 0 N–H and O–H groups in total. The smallest absolute Gasteiger partial charge is 0.0163 e. The molecule has 54 valence electrons. The van der Waals surface area contributed by atoms with E-state index in [1.807, 2.05) is 0 Å². The lowest BCUT2D eigenvalue weighted by Crippen LogP contribution is -2.00. The molecule has 0 aliphatic heterocycles. The van der Waals surface area contributed by atoms with Crippen LogP contribution in [0.15, 0.2) is 36.5 Å². The van der Waals surface area contributed by atoms with Crippen LogP contribution in [0.4, 0.5) is 0 Å². The van der Waals surface area contributed by atoms with Crippen molar-refractivity contribution in [2.75, 3.05) is 0 Å². The summed E-state index contributed by atoms with van der Waals surface area (Å²) in [6, 6.07) is 0. The Hall–Kier alpha value is -0.780. The quantitative estimate of drug-likeness (QED) is 0.509. The Morgan fingerprint density at radius 1 is 1.30 bits per heavy atom. The van der Waals surface area contributed by atoms with Crippen molar-refractivity contribution in [2.45, 2.75) is 13.8 Å². The Labute approximate surface area is 62.9 Å². The first kappa shape index (κ1) is 7.33. The van der Waals surface area contributed by atoms with Crippen molar-refractivity contribution in [1.82, 2.24) is 0 Å². The Balaban J connectivity index is 2.58. The van der Waals surface area contributed by atoms with Gasteiger partial charge in [-0.1, -0.05) is 50.3 Å². The van der Waals surface area contributed by atoms with Crippen molar-refractivity contribution in [3.63, 3.8) is 0 Å². The van der Waals surface area contributed by atoms with Crippen molar-refractivity contribution >= 4 is 0 Å². The van der Waals surface area contributed by atoms with E-state index in [2.05, 4.69) is 44.7 Å². The summed E-state index contributed by atoms with van der Waals surface area (Å²) in [6.07, 6.45) is 8.53. The summed E-state index contributed by atoms with van der Waals surface area (Å²) in [5.74, 6) is 1.09. The number of allylic oxidation sites excluding steroid dienone is 5. The van der Waals surface area contributed by atoms with E-state index < -0.39 is 0 Å². The van der Waals surface area contributed by atoms with Gasteiger partial charge in [0.1, 0.15) is 0 Å². The minimum absolute atomic E-state index is 0.500. The van der Waals surface area contributed by atoms with Crippen LogP contribution in [-0.2, 0) is 0 Å². The fourth-order valence-electron chi connectivity index (χ4n) is 1.06. The van der Waals surface area contributed by atoms with Gasteiger partial charge in [-0.15, -0.1) is 0 Å². The molecular formula is C10H14. The van der Waals surface area contributed by atoms with Crippen LogP contribution in [0.3, 0.4) is 0 Å². The van der Waals surface area contributed by atoms with Gasteiger partial charge in [0.2, 0.25) is 0 Å². The van der Waals surface area contributed by atoms with Crippen molar-refractivity contribution in [3.05, 3.63) is 36.5 Å². The Morgan fingerprint density at radius 2 is 1.80 bits per heavy atom. The topological polar surface area (TPSA) is 0 Å². The molecule has 0 heteroatoms. The van der Waals surface area contributed by atoms with Crippen molar-refractivity contribution in [1.29, 1.82) is 0 Å². The van der Waals surface area contributed by atoms with Crippen LogP contribution in [-0.4, -0.2) is 0 Å². The van der Waals surface area contributed by atoms with Crippen LogP contribution in [0.5, 0.6) is 0 Å². The Bertz CT molecular complexity index is 170. The molecule has 0 radical (unpaired) electrons. The second-order valence-electron chi connectivity index (χ2n) is 3.03. The lowest BCUT2D eigenvalue weighted by atomic mass is 9.93. The van der Waals surface area contributed by atoms with Gasteiger partial charge in [0.15, 0.2) is 0 Å². The summed E-state index contributed by atoms with van der Waals surface area (Å²) < 4.78 is 0. The van der Waals surface area contributed by atoms with Gasteiger partial charge in [0.05, 0.1) is 0 Å². The normalized spacial score (nSPS) is 17.1. The van der Waals surface area contributed by atoms with Crippen LogP contribution in [0.2, 0.25) is 0 Å². The second kappa shape index (κ2) is 2.87. The third-order valence-corrected chi connectivity index (χ3v) is 1.92. The maximum absolute atomic E-state index is 4.03. The standard InChI is InChI=1S/C10H14/c1-8(2)9(3)10-6-4-5-7-10/h4-8,10H,3H2,1-2H3. The maximum atomic E-state index is 4.03. The Kier molecular flexibility index (Phi) is 2.10. The summed E-state index contributed by atoms with van der Waals surface area (Å²) >= 11 is 0. The van der Waals surface area contributed by atoms with E-state index in [-0.39, 0.29) is 0 Å². The molecule has 0 spiro atoms. The molecule has 0 saturated heterocycles. The van der Waals surface area contributed by atoms with Crippen LogP contribution in [0.1, 0.15) is 13.8 Å². The summed E-state index contributed by atoms with van der Waals surface area (Å²) in [4.78, 5) is 0. The molecule has 1 aliphatic rings. The van der Waals surface area contributed by atoms with Crippen LogP contribution in [0, 0.1) is 11.8 Å². The highest BCUT2D eigenvalue weighted by atomic mass is 14.1. The van der Waals surface area contributed by atoms with E-state index in [1.165, 1.54) is 5.57 Å². The molecule has 1 rings (SSSR count). The minimum atomic E-state index is 0.500. The monoisotopic (exact) mass is 134 g/mol. The average Bonchev–Trinajstić information content (AvgIpc) is 2.36. The first-order valence-electron chi connectivity index (χ1n) is 3.75. The molecule has 0 amide bonds. The number of hydrogen-bond donors (Lipinski definition) is 0. The van der Waals surface area contributed by atoms with Crippen LogP contribution < -0.4 is 0 Å². The first-order valence-corrected chi connectivity index (χ1v) is 3.75. The zero-order valence-corrected chi connectivity index (χ0v) is 6.67. The van der Waals surface area contributed by atoms with Gasteiger partial charge < -0.3 is 0 Å². The number of rotatable bonds is 2. The van der Waals surface area contributed by atoms with E-state index in [0.29, 0.717) is 11.8 Å². The molecule has 10 heavy (non-hydrogen) atoms. The molecule has 0 aromatic heterocycles. The fourth-order valence-corrected chi connectivity index (χ4v) is 1.06. The van der Waals surface area contributed by atoms with E-state index >= 15 is 0 Å². The van der Waals surface area contributed by atoms with Gasteiger partial charge >= 0.3 is 0 Å². The van der Waals surface area contributed by atoms with Crippen molar-refractivity contribution in [3.8, 4) is 0 Å². The molecule has 0 aromatic carbocycles. The highest BCUT2D eigenvalue weighted by Crippen LogP contribution is 2.23. The van der Waals surface area contributed by atoms with Gasteiger partial charge in [0.25, 0.3) is 0 Å². The average molecular weight is 134 g/mol. The van der Waals surface area contributed by atoms with Crippen LogP contribution >= 0.6 is 0 Å². The Morgan fingerprint density at radius 3 is 2.20 bits per heavy atom. The molecule has 0 bridgehead atoms. The fraction of sp³-hybridized carbons (Fsp3) is 0.400. The molecule has 0 heterocycles. The molecule has 0 fully saturated rings. The molecule has 0 unspecified atom stereocenters. The number of hydrogen-bond acceptors (Lipinski definition) is 0. The SMILES string of the molecule is C=C(C(C)C)C1C=CC=C1. The van der Waals surface area contributed by atoms with Gasteiger partial charge in [-0.25, -0.2) is 0 Å². The largest absolute Gasteiger partial charge is 0.0987 e. The van der Waals surface area contributed by atoms with Gasteiger partial charge in [-0.3, -0.25) is 0 Å². The van der Waals surface area contributed by atoms with Crippen LogP contribution in [0.25, 0.3) is 0 Å². The minimum Gasteiger partial charge on any atom is -0.0987 e. The molecule has 1 aliphatic carbocycles.